The second-order valence-corrected chi connectivity index (χ2v) is 7.12. The van der Waals surface area contributed by atoms with Crippen LogP contribution in [0.2, 0.25) is 0 Å². The van der Waals surface area contributed by atoms with Crippen molar-refractivity contribution < 1.29 is 4.74 Å². The Labute approximate surface area is 169 Å². The smallest absolute Gasteiger partial charge is 0.191 e. The molecule has 6 heteroatoms. The predicted octanol–water partition coefficient (Wildman–Crippen LogP) is 3.44. The Bertz CT molecular complexity index is 697. The van der Waals surface area contributed by atoms with Crippen molar-refractivity contribution in [1.29, 1.82) is 0 Å². The first-order chi connectivity index (χ1) is 13.6. The van der Waals surface area contributed by atoms with Gasteiger partial charge in [-0.2, -0.15) is 5.10 Å². The molecule has 0 fully saturated rings. The third-order valence-electron chi connectivity index (χ3n) is 4.61. The molecule has 0 aliphatic carbocycles. The highest BCUT2D eigenvalue weighted by Crippen LogP contribution is 2.12. The van der Waals surface area contributed by atoms with E-state index in [1.54, 1.807) is 6.20 Å². The number of nitrogens with zero attached hydrogens (tertiary/aromatic N) is 3. The molecule has 154 valence electrons. The molecule has 6 nitrogen and oxygen atoms in total. The van der Waals surface area contributed by atoms with Gasteiger partial charge < -0.3 is 15.4 Å². The highest BCUT2D eigenvalue weighted by atomic mass is 16.5. The zero-order valence-corrected chi connectivity index (χ0v) is 17.7. The van der Waals surface area contributed by atoms with Gasteiger partial charge in [0.05, 0.1) is 19.2 Å². The predicted molar refractivity (Wildman–Crippen MR) is 115 cm³/mol. The van der Waals surface area contributed by atoms with Crippen LogP contribution in [0.4, 0.5) is 0 Å². The van der Waals surface area contributed by atoms with E-state index in [1.165, 1.54) is 11.1 Å². The first-order valence-electron chi connectivity index (χ1n) is 10.3. The topological polar surface area (TPSA) is 63.5 Å². The molecule has 28 heavy (non-hydrogen) atoms. The van der Waals surface area contributed by atoms with Crippen LogP contribution in [-0.4, -0.2) is 41.5 Å². The minimum Gasteiger partial charge on any atom is -0.378 e. The van der Waals surface area contributed by atoms with Crippen molar-refractivity contribution in [3.63, 3.8) is 0 Å². The first-order valence-corrected chi connectivity index (χ1v) is 10.3. The van der Waals surface area contributed by atoms with Crippen molar-refractivity contribution in [3.05, 3.63) is 53.9 Å². The van der Waals surface area contributed by atoms with Gasteiger partial charge in [0.25, 0.3) is 0 Å². The quantitative estimate of drug-likeness (QED) is 0.459. The van der Waals surface area contributed by atoms with Crippen LogP contribution in [0.5, 0.6) is 0 Å². The Morgan fingerprint density at radius 2 is 1.93 bits per heavy atom. The Morgan fingerprint density at radius 1 is 1.14 bits per heavy atom. The highest BCUT2D eigenvalue weighted by Gasteiger charge is 2.13. The molecule has 0 aliphatic rings. The van der Waals surface area contributed by atoms with Crippen molar-refractivity contribution in [2.45, 2.75) is 53.3 Å². The van der Waals surface area contributed by atoms with Crippen molar-refractivity contribution in [2.75, 3.05) is 19.7 Å². The van der Waals surface area contributed by atoms with Gasteiger partial charge in [-0.3, -0.25) is 4.68 Å². The summed E-state index contributed by atoms with van der Waals surface area (Å²) >= 11 is 0. The second-order valence-electron chi connectivity index (χ2n) is 7.12. The largest absolute Gasteiger partial charge is 0.378 e. The van der Waals surface area contributed by atoms with Crippen molar-refractivity contribution in [3.8, 4) is 0 Å². The molecule has 1 atom stereocenters. The standard InChI is InChI=1S/C22H35N5O/c1-5-23-22(24-14-12-21(18(3)4)28-6-2)25-16-19-10-7-8-11-20(19)17-27-15-9-13-26-27/h7-11,13,15,18,21H,5-6,12,14,16-17H2,1-4H3,(H2,23,24,25). The third-order valence-corrected chi connectivity index (χ3v) is 4.61. The van der Waals surface area contributed by atoms with Crippen LogP contribution in [0.25, 0.3) is 0 Å². The summed E-state index contributed by atoms with van der Waals surface area (Å²) in [6, 6.07) is 10.3. The summed E-state index contributed by atoms with van der Waals surface area (Å²) in [5.41, 5.74) is 2.45. The summed E-state index contributed by atoms with van der Waals surface area (Å²) < 4.78 is 7.77. The van der Waals surface area contributed by atoms with Gasteiger partial charge in [0.1, 0.15) is 0 Å². The Balaban J connectivity index is 1.96. The van der Waals surface area contributed by atoms with E-state index in [9.17, 15) is 0 Å². The summed E-state index contributed by atoms with van der Waals surface area (Å²) in [5.74, 6) is 1.35. The lowest BCUT2D eigenvalue weighted by Crippen LogP contribution is -2.39. The summed E-state index contributed by atoms with van der Waals surface area (Å²) in [4.78, 5) is 4.79. The molecule has 1 aromatic carbocycles. The molecule has 0 aliphatic heterocycles. The van der Waals surface area contributed by atoms with E-state index in [-0.39, 0.29) is 6.10 Å². The SMILES string of the molecule is CCNC(=NCc1ccccc1Cn1cccn1)NCCC(OCC)C(C)C. The number of guanidine groups is 1. The zero-order chi connectivity index (χ0) is 20.2. The van der Waals surface area contributed by atoms with Gasteiger partial charge in [-0.25, -0.2) is 4.99 Å². The van der Waals surface area contributed by atoms with E-state index in [2.05, 4.69) is 67.7 Å². The van der Waals surface area contributed by atoms with Crippen molar-refractivity contribution in [2.24, 2.45) is 10.9 Å². The molecule has 1 aromatic heterocycles. The summed E-state index contributed by atoms with van der Waals surface area (Å²) in [5, 5.41) is 11.1. The molecule has 2 N–H and O–H groups in total. The van der Waals surface area contributed by atoms with Crippen LogP contribution in [0.15, 0.2) is 47.7 Å². The van der Waals surface area contributed by atoms with E-state index in [1.807, 2.05) is 16.9 Å². The molecule has 1 unspecified atom stereocenters. The van der Waals surface area contributed by atoms with Gasteiger partial charge in [-0.1, -0.05) is 38.1 Å². The highest BCUT2D eigenvalue weighted by molar-refractivity contribution is 5.79. The van der Waals surface area contributed by atoms with Crippen molar-refractivity contribution in [1.82, 2.24) is 20.4 Å². The minimum absolute atomic E-state index is 0.273. The zero-order valence-electron chi connectivity index (χ0n) is 17.7. The fraction of sp³-hybridized carbons (Fsp3) is 0.545. The number of benzene rings is 1. The molecule has 0 bridgehead atoms. The molecular weight excluding hydrogens is 350 g/mol. The van der Waals surface area contributed by atoms with Crippen LogP contribution in [0.3, 0.4) is 0 Å². The minimum atomic E-state index is 0.273. The van der Waals surface area contributed by atoms with Gasteiger partial charge in [-0.15, -0.1) is 0 Å². The van der Waals surface area contributed by atoms with Gasteiger partial charge in [0, 0.05) is 32.1 Å². The van der Waals surface area contributed by atoms with Crippen LogP contribution < -0.4 is 10.6 Å². The number of ether oxygens (including phenoxy) is 1. The summed E-state index contributed by atoms with van der Waals surface area (Å²) in [6.45, 7) is 12.4. The van der Waals surface area contributed by atoms with E-state index < -0.39 is 0 Å². The maximum absolute atomic E-state index is 5.83. The molecule has 0 amide bonds. The molecule has 2 aromatic rings. The van der Waals surface area contributed by atoms with Crippen molar-refractivity contribution >= 4 is 5.96 Å². The average Bonchev–Trinajstić information content (AvgIpc) is 3.19. The van der Waals surface area contributed by atoms with Crippen LogP contribution in [0.1, 0.15) is 45.2 Å². The second kappa shape index (κ2) is 12.2. The first kappa shape index (κ1) is 22.0. The van der Waals surface area contributed by atoms with E-state index in [4.69, 9.17) is 9.73 Å². The number of aliphatic imine (C=N–C) groups is 1. The van der Waals surface area contributed by atoms with Gasteiger partial charge in [0.2, 0.25) is 0 Å². The average molecular weight is 386 g/mol. The maximum atomic E-state index is 5.83. The lowest BCUT2D eigenvalue weighted by atomic mass is 10.0. The van der Waals surface area contributed by atoms with Crippen LogP contribution in [-0.2, 0) is 17.8 Å². The molecule has 0 radical (unpaired) electrons. The number of aromatic nitrogens is 2. The molecule has 0 spiro atoms. The molecule has 0 saturated carbocycles. The van der Waals surface area contributed by atoms with E-state index in [0.717, 1.165) is 38.6 Å². The van der Waals surface area contributed by atoms with Gasteiger partial charge >= 0.3 is 0 Å². The maximum Gasteiger partial charge on any atom is 0.191 e. The lowest BCUT2D eigenvalue weighted by molar-refractivity contribution is 0.0258. The fourth-order valence-electron chi connectivity index (χ4n) is 3.10. The monoisotopic (exact) mass is 385 g/mol. The summed E-state index contributed by atoms with van der Waals surface area (Å²) in [7, 11) is 0. The molecular formula is C22H35N5O. The summed E-state index contributed by atoms with van der Waals surface area (Å²) in [6.07, 6.45) is 5.02. The Kier molecular flexibility index (Phi) is 9.55. The Hall–Kier alpha value is -2.34. The van der Waals surface area contributed by atoms with E-state index in [0.29, 0.717) is 12.5 Å². The Morgan fingerprint density at radius 3 is 2.57 bits per heavy atom. The number of rotatable bonds is 11. The molecule has 1 heterocycles. The van der Waals surface area contributed by atoms with Crippen LogP contribution >= 0.6 is 0 Å². The number of hydrogen-bond donors (Lipinski definition) is 2. The normalized spacial score (nSPS) is 13.0. The van der Waals surface area contributed by atoms with E-state index >= 15 is 0 Å². The number of nitrogens with one attached hydrogen (secondary N) is 2. The van der Waals surface area contributed by atoms with Gasteiger partial charge in [-0.05, 0) is 43.4 Å². The van der Waals surface area contributed by atoms with Gasteiger partial charge in [0.15, 0.2) is 5.96 Å². The number of hydrogen-bond acceptors (Lipinski definition) is 3. The molecule has 2 rings (SSSR count). The lowest BCUT2D eigenvalue weighted by Gasteiger charge is -2.21. The fourth-order valence-corrected chi connectivity index (χ4v) is 3.10. The molecule has 0 saturated heterocycles. The van der Waals surface area contributed by atoms with Crippen LogP contribution in [0, 0.1) is 5.92 Å². The third kappa shape index (κ3) is 7.35.